The fourth-order valence-electron chi connectivity index (χ4n) is 2.71. The van der Waals surface area contributed by atoms with Crippen LogP contribution < -0.4 is 5.32 Å². The molecule has 1 aliphatic rings. The number of rotatable bonds is 4. The Morgan fingerprint density at radius 2 is 2.35 bits per heavy atom. The standard InChI is InChI=1S/C14H19BrN4O/c1-4-20-11-8-10(14(11,2)3)16-13-17-12-9(15)6-5-7-19(12)18-13/h5-7,10-11H,4,8H2,1-3H3,(H,16,18). The van der Waals surface area contributed by atoms with Gasteiger partial charge in [-0.05, 0) is 41.4 Å². The minimum absolute atomic E-state index is 0.102. The fourth-order valence-corrected chi connectivity index (χ4v) is 3.13. The number of aromatic nitrogens is 3. The molecule has 0 aliphatic heterocycles. The van der Waals surface area contributed by atoms with Gasteiger partial charge >= 0.3 is 0 Å². The van der Waals surface area contributed by atoms with Crippen LogP contribution in [0.2, 0.25) is 0 Å². The third-order valence-electron chi connectivity index (χ3n) is 4.16. The number of fused-ring (bicyclic) bond motifs is 1. The molecule has 3 rings (SSSR count). The molecule has 0 bridgehead atoms. The molecule has 0 spiro atoms. The first-order valence-corrected chi connectivity index (χ1v) is 7.70. The van der Waals surface area contributed by atoms with Crippen LogP contribution in [0.4, 0.5) is 5.95 Å². The number of ether oxygens (including phenoxy) is 1. The Morgan fingerprint density at radius 3 is 3.00 bits per heavy atom. The van der Waals surface area contributed by atoms with Crippen LogP contribution in [0, 0.1) is 5.41 Å². The summed E-state index contributed by atoms with van der Waals surface area (Å²) in [7, 11) is 0. The monoisotopic (exact) mass is 338 g/mol. The van der Waals surface area contributed by atoms with Crippen molar-refractivity contribution in [3.8, 4) is 0 Å². The molecule has 108 valence electrons. The second kappa shape index (κ2) is 5.00. The maximum absolute atomic E-state index is 5.75. The van der Waals surface area contributed by atoms with Gasteiger partial charge in [0.15, 0.2) is 5.65 Å². The lowest BCUT2D eigenvalue weighted by atomic mass is 9.64. The van der Waals surface area contributed by atoms with Crippen molar-refractivity contribution < 1.29 is 4.74 Å². The zero-order chi connectivity index (χ0) is 14.3. The number of halogens is 1. The van der Waals surface area contributed by atoms with Crippen LogP contribution in [-0.4, -0.2) is 33.4 Å². The molecule has 2 heterocycles. The zero-order valence-electron chi connectivity index (χ0n) is 11.9. The predicted octanol–water partition coefficient (Wildman–Crippen LogP) is 3.11. The Labute approximate surface area is 126 Å². The van der Waals surface area contributed by atoms with Crippen LogP contribution in [0.15, 0.2) is 22.8 Å². The smallest absolute Gasteiger partial charge is 0.243 e. The molecular weight excluding hydrogens is 320 g/mol. The average Bonchev–Trinajstić information content (AvgIpc) is 2.82. The molecule has 2 atom stereocenters. The largest absolute Gasteiger partial charge is 0.378 e. The van der Waals surface area contributed by atoms with Crippen molar-refractivity contribution in [2.24, 2.45) is 5.41 Å². The van der Waals surface area contributed by atoms with E-state index in [4.69, 9.17) is 4.74 Å². The number of anilines is 1. The Hall–Kier alpha value is -1.14. The lowest BCUT2D eigenvalue weighted by molar-refractivity contribution is -0.0977. The Kier molecular flexibility index (Phi) is 3.46. The van der Waals surface area contributed by atoms with E-state index in [-0.39, 0.29) is 5.41 Å². The highest BCUT2D eigenvalue weighted by molar-refractivity contribution is 9.10. The van der Waals surface area contributed by atoms with E-state index < -0.39 is 0 Å². The number of nitrogens with one attached hydrogen (secondary N) is 1. The summed E-state index contributed by atoms with van der Waals surface area (Å²) in [5.41, 5.74) is 0.929. The summed E-state index contributed by atoms with van der Waals surface area (Å²) < 4.78 is 8.47. The van der Waals surface area contributed by atoms with Crippen LogP contribution in [0.1, 0.15) is 27.2 Å². The molecule has 1 fully saturated rings. The minimum Gasteiger partial charge on any atom is -0.378 e. The molecule has 2 aromatic rings. The Balaban J connectivity index is 1.76. The first-order valence-electron chi connectivity index (χ1n) is 6.91. The molecule has 20 heavy (non-hydrogen) atoms. The van der Waals surface area contributed by atoms with Gasteiger partial charge in [0.05, 0.1) is 10.6 Å². The van der Waals surface area contributed by atoms with Gasteiger partial charge in [0.25, 0.3) is 0 Å². The van der Waals surface area contributed by atoms with Gasteiger partial charge in [-0.2, -0.15) is 4.98 Å². The molecule has 2 aromatic heterocycles. The summed E-state index contributed by atoms with van der Waals surface area (Å²) in [6.07, 6.45) is 3.21. The number of hydrogen-bond acceptors (Lipinski definition) is 4. The van der Waals surface area contributed by atoms with Crippen molar-refractivity contribution in [2.45, 2.75) is 39.3 Å². The van der Waals surface area contributed by atoms with Gasteiger partial charge in [-0.15, -0.1) is 5.10 Å². The number of nitrogens with zero attached hydrogens (tertiary/aromatic N) is 3. The quantitative estimate of drug-likeness (QED) is 0.930. The SMILES string of the molecule is CCOC1CC(Nc2nc3c(Br)cccn3n2)C1(C)C. The average molecular weight is 339 g/mol. The second-order valence-corrected chi connectivity index (χ2v) is 6.61. The van der Waals surface area contributed by atoms with Crippen molar-refractivity contribution in [3.05, 3.63) is 22.8 Å². The normalized spacial score (nSPS) is 24.6. The highest BCUT2D eigenvalue weighted by Crippen LogP contribution is 2.44. The van der Waals surface area contributed by atoms with E-state index in [9.17, 15) is 0 Å². The molecule has 6 heteroatoms. The third-order valence-corrected chi connectivity index (χ3v) is 4.78. The molecule has 0 saturated heterocycles. The van der Waals surface area contributed by atoms with Crippen LogP contribution >= 0.6 is 15.9 Å². The molecule has 2 unspecified atom stereocenters. The minimum atomic E-state index is 0.102. The summed E-state index contributed by atoms with van der Waals surface area (Å²) >= 11 is 3.49. The number of hydrogen-bond donors (Lipinski definition) is 1. The van der Waals surface area contributed by atoms with Crippen molar-refractivity contribution in [1.29, 1.82) is 0 Å². The van der Waals surface area contributed by atoms with Crippen molar-refractivity contribution in [3.63, 3.8) is 0 Å². The van der Waals surface area contributed by atoms with Gasteiger partial charge in [-0.3, -0.25) is 0 Å². The van der Waals surface area contributed by atoms with E-state index in [1.54, 1.807) is 4.52 Å². The summed E-state index contributed by atoms with van der Waals surface area (Å²) in [5.74, 6) is 0.671. The highest BCUT2D eigenvalue weighted by atomic mass is 79.9. The van der Waals surface area contributed by atoms with Gasteiger partial charge in [0.2, 0.25) is 5.95 Å². The maximum Gasteiger partial charge on any atom is 0.243 e. The molecule has 1 saturated carbocycles. The summed E-state index contributed by atoms with van der Waals surface area (Å²) in [6, 6.07) is 4.25. The van der Waals surface area contributed by atoms with Gasteiger partial charge in [0.1, 0.15) is 0 Å². The maximum atomic E-state index is 5.75. The number of pyridine rings is 1. The van der Waals surface area contributed by atoms with Gasteiger partial charge in [-0.1, -0.05) is 13.8 Å². The lowest BCUT2D eigenvalue weighted by Crippen LogP contribution is -2.58. The van der Waals surface area contributed by atoms with E-state index in [1.165, 1.54) is 0 Å². The Morgan fingerprint density at radius 1 is 1.55 bits per heavy atom. The topological polar surface area (TPSA) is 51.5 Å². The third kappa shape index (κ3) is 2.20. The summed E-state index contributed by atoms with van der Waals surface area (Å²) in [4.78, 5) is 4.52. The zero-order valence-corrected chi connectivity index (χ0v) is 13.5. The van der Waals surface area contributed by atoms with Gasteiger partial charge in [0, 0.05) is 24.3 Å². The molecular formula is C14H19BrN4O. The van der Waals surface area contributed by atoms with Crippen molar-refractivity contribution in [2.75, 3.05) is 11.9 Å². The van der Waals surface area contributed by atoms with Crippen molar-refractivity contribution >= 4 is 27.5 Å². The first-order chi connectivity index (χ1) is 9.52. The predicted molar refractivity (Wildman–Crippen MR) is 81.9 cm³/mol. The summed E-state index contributed by atoms with van der Waals surface area (Å²) in [5, 5.41) is 7.89. The van der Waals surface area contributed by atoms with Crippen LogP contribution in [0.5, 0.6) is 0 Å². The molecule has 0 radical (unpaired) electrons. The van der Waals surface area contributed by atoms with E-state index in [1.807, 2.05) is 25.3 Å². The van der Waals surface area contributed by atoms with E-state index in [0.717, 1.165) is 23.1 Å². The molecule has 0 amide bonds. The van der Waals surface area contributed by atoms with E-state index in [2.05, 4.69) is 45.2 Å². The van der Waals surface area contributed by atoms with Crippen LogP contribution in [0.25, 0.3) is 5.65 Å². The van der Waals surface area contributed by atoms with Crippen molar-refractivity contribution in [1.82, 2.24) is 14.6 Å². The molecule has 1 N–H and O–H groups in total. The fraction of sp³-hybridized carbons (Fsp3) is 0.571. The molecule has 1 aliphatic carbocycles. The second-order valence-electron chi connectivity index (χ2n) is 5.76. The first kappa shape index (κ1) is 13.8. The van der Waals surface area contributed by atoms with Gasteiger partial charge < -0.3 is 10.1 Å². The Bertz CT molecular complexity index is 625. The van der Waals surface area contributed by atoms with E-state index in [0.29, 0.717) is 18.1 Å². The lowest BCUT2D eigenvalue weighted by Gasteiger charge is -2.51. The van der Waals surface area contributed by atoms with Crippen LogP contribution in [0.3, 0.4) is 0 Å². The highest BCUT2D eigenvalue weighted by Gasteiger charge is 2.49. The molecule has 0 aromatic carbocycles. The molecule has 5 nitrogen and oxygen atoms in total. The summed E-state index contributed by atoms with van der Waals surface area (Å²) in [6.45, 7) is 7.25. The van der Waals surface area contributed by atoms with E-state index >= 15 is 0 Å². The van der Waals surface area contributed by atoms with Gasteiger partial charge in [-0.25, -0.2) is 4.52 Å². The van der Waals surface area contributed by atoms with Crippen LogP contribution in [-0.2, 0) is 4.74 Å².